The molecule has 0 aliphatic heterocycles. The number of nitrogens with zero attached hydrogens (tertiary/aromatic N) is 2. The molecule has 3 amide bonds. The monoisotopic (exact) mass is 413 g/mol. The third kappa shape index (κ3) is 4.72. The molecule has 1 atom stereocenters. The smallest absolute Gasteiger partial charge is 0.312 e. The Balaban J connectivity index is 1.45. The van der Waals surface area contributed by atoms with Crippen LogP contribution in [0.3, 0.4) is 0 Å². The van der Waals surface area contributed by atoms with Crippen LogP contribution in [0.2, 0.25) is 0 Å². The average Bonchev–Trinajstić information content (AvgIpc) is 3.20. The molecule has 7 heteroatoms. The Bertz CT molecular complexity index is 1220. The SMILES string of the molecule is Cc1cccn2cc(-c3ccc(NC(=O)C[C@@H](NC(N)=O)c4ccccc4)cc3)nc12. The lowest BCUT2D eigenvalue weighted by Crippen LogP contribution is -2.35. The summed E-state index contributed by atoms with van der Waals surface area (Å²) in [4.78, 5) is 28.6. The van der Waals surface area contributed by atoms with Crippen molar-refractivity contribution in [1.82, 2.24) is 14.7 Å². The van der Waals surface area contributed by atoms with Gasteiger partial charge in [-0.25, -0.2) is 9.78 Å². The van der Waals surface area contributed by atoms with E-state index in [1.807, 2.05) is 90.4 Å². The summed E-state index contributed by atoms with van der Waals surface area (Å²) in [5.74, 6) is -0.223. The molecule has 7 nitrogen and oxygen atoms in total. The number of carbonyl (C=O) groups excluding carboxylic acids is 2. The van der Waals surface area contributed by atoms with Gasteiger partial charge in [-0.15, -0.1) is 0 Å². The molecule has 0 aliphatic rings. The van der Waals surface area contributed by atoms with Gasteiger partial charge in [0.25, 0.3) is 0 Å². The van der Waals surface area contributed by atoms with E-state index in [0.29, 0.717) is 5.69 Å². The zero-order chi connectivity index (χ0) is 21.8. The number of nitrogens with two attached hydrogens (primary N) is 1. The predicted octanol–water partition coefficient (Wildman–Crippen LogP) is 4.05. The molecule has 31 heavy (non-hydrogen) atoms. The van der Waals surface area contributed by atoms with Gasteiger partial charge in [0.15, 0.2) is 0 Å². The molecule has 0 unspecified atom stereocenters. The second-order valence-corrected chi connectivity index (χ2v) is 7.35. The van der Waals surface area contributed by atoms with E-state index in [0.717, 1.165) is 28.0 Å². The molecule has 4 N–H and O–H groups in total. The summed E-state index contributed by atoms with van der Waals surface area (Å²) in [5.41, 5.74) is 10.6. The minimum atomic E-state index is -0.673. The molecule has 2 heterocycles. The Morgan fingerprint density at radius 3 is 2.45 bits per heavy atom. The molecule has 0 saturated carbocycles. The van der Waals surface area contributed by atoms with E-state index >= 15 is 0 Å². The maximum atomic E-state index is 12.6. The number of fused-ring (bicyclic) bond motifs is 1. The van der Waals surface area contributed by atoms with E-state index in [1.54, 1.807) is 0 Å². The third-order valence-corrected chi connectivity index (χ3v) is 5.05. The number of hydrogen-bond donors (Lipinski definition) is 3. The van der Waals surface area contributed by atoms with Gasteiger partial charge < -0.3 is 20.8 Å². The quantitative estimate of drug-likeness (QED) is 0.444. The number of carbonyl (C=O) groups is 2. The van der Waals surface area contributed by atoms with Gasteiger partial charge in [-0.3, -0.25) is 4.79 Å². The van der Waals surface area contributed by atoms with E-state index in [2.05, 4.69) is 10.6 Å². The van der Waals surface area contributed by atoms with Crippen LogP contribution in [0.4, 0.5) is 10.5 Å². The fourth-order valence-electron chi connectivity index (χ4n) is 3.52. The number of rotatable bonds is 6. The summed E-state index contributed by atoms with van der Waals surface area (Å²) in [6.07, 6.45) is 4.02. The highest BCUT2D eigenvalue weighted by molar-refractivity contribution is 5.91. The standard InChI is InChI=1S/C24H23N5O2/c1-16-6-5-13-29-15-21(27-23(16)29)18-9-11-19(12-10-18)26-22(30)14-20(28-24(25)31)17-7-3-2-4-8-17/h2-13,15,20H,14H2,1H3,(H,26,30)(H3,25,28,31)/t20-/m1/s1. The van der Waals surface area contributed by atoms with Gasteiger partial charge in [0.05, 0.1) is 18.2 Å². The van der Waals surface area contributed by atoms with E-state index in [4.69, 9.17) is 10.7 Å². The molecule has 0 spiro atoms. The zero-order valence-electron chi connectivity index (χ0n) is 17.1. The van der Waals surface area contributed by atoms with Gasteiger partial charge >= 0.3 is 6.03 Å². The van der Waals surface area contributed by atoms with Crippen LogP contribution in [0.25, 0.3) is 16.9 Å². The second-order valence-electron chi connectivity index (χ2n) is 7.35. The number of aryl methyl sites for hydroxylation is 1. The number of benzene rings is 2. The number of amides is 3. The van der Waals surface area contributed by atoms with E-state index in [1.165, 1.54) is 0 Å². The highest BCUT2D eigenvalue weighted by Gasteiger charge is 2.17. The molecule has 156 valence electrons. The highest BCUT2D eigenvalue weighted by atomic mass is 16.2. The van der Waals surface area contributed by atoms with Crippen molar-refractivity contribution in [3.8, 4) is 11.3 Å². The number of pyridine rings is 1. The minimum Gasteiger partial charge on any atom is -0.352 e. The molecule has 2 aromatic heterocycles. The lowest BCUT2D eigenvalue weighted by atomic mass is 10.0. The Morgan fingerprint density at radius 2 is 1.77 bits per heavy atom. The Morgan fingerprint density at radius 1 is 1.03 bits per heavy atom. The number of urea groups is 1. The maximum absolute atomic E-state index is 12.6. The Hall–Kier alpha value is -4.13. The van der Waals surface area contributed by atoms with Crippen molar-refractivity contribution in [1.29, 1.82) is 0 Å². The van der Waals surface area contributed by atoms with Gasteiger partial charge in [-0.1, -0.05) is 48.5 Å². The fourth-order valence-corrected chi connectivity index (χ4v) is 3.52. The van der Waals surface area contributed by atoms with E-state index in [9.17, 15) is 9.59 Å². The summed E-state index contributed by atoms with van der Waals surface area (Å²) in [5, 5.41) is 5.50. The topological polar surface area (TPSA) is 102 Å². The molecule has 4 aromatic rings. The number of aromatic nitrogens is 2. The lowest BCUT2D eigenvalue weighted by Gasteiger charge is -2.17. The molecule has 0 aliphatic carbocycles. The molecule has 2 aromatic carbocycles. The van der Waals surface area contributed by atoms with Crippen LogP contribution in [-0.2, 0) is 4.79 Å². The minimum absolute atomic E-state index is 0.0699. The number of imidazole rings is 1. The first kappa shape index (κ1) is 20.2. The third-order valence-electron chi connectivity index (χ3n) is 5.05. The summed E-state index contributed by atoms with van der Waals surface area (Å²) in [6, 6.07) is 19.6. The first-order valence-electron chi connectivity index (χ1n) is 9.95. The summed E-state index contributed by atoms with van der Waals surface area (Å²) in [7, 11) is 0. The summed E-state index contributed by atoms with van der Waals surface area (Å²) in [6.45, 7) is 2.03. The number of anilines is 1. The molecular formula is C24H23N5O2. The van der Waals surface area contributed by atoms with Crippen LogP contribution in [0.1, 0.15) is 23.6 Å². The number of primary amides is 1. The van der Waals surface area contributed by atoms with Crippen molar-refractivity contribution in [2.75, 3.05) is 5.32 Å². The van der Waals surface area contributed by atoms with Gasteiger partial charge in [0.2, 0.25) is 5.91 Å². The fraction of sp³-hybridized carbons (Fsp3) is 0.125. The van der Waals surface area contributed by atoms with Crippen LogP contribution in [0.5, 0.6) is 0 Å². The van der Waals surface area contributed by atoms with Crippen molar-refractivity contribution in [3.05, 3.63) is 90.3 Å². The molecule has 0 radical (unpaired) electrons. The van der Waals surface area contributed by atoms with Crippen LogP contribution in [0.15, 0.2) is 79.1 Å². The summed E-state index contributed by atoms with van der Waals surface area (Å²) >= 11 is 0. The highest BCUT2D eigenvalue weighted by Crippen LogP contribution is 2.23. The molecule has 0 bridgehead atoms. The largest absolute Gasteiger partial charge is 0.352 e. The van der Waals surface area contributed by atoms with Crippen LogP contribution in [-0.4, -0.2) is 21.3 Å². The van der Waals surface area contributed by atoms with Gasteiger partial charge in [0.1, 0.15) is 5.65 Å². The summed E-state index contributed by atoms with van der Waals surface area (Å²) < 4.78 is 2.00. The van der Waals surface area contributed by atoms with Gasteiger partial charge in [0, 0.05) is 23.6 Å². The lowest BCUT2D eigenvalue weighted by molar-refractivity contribution is -0.116. The maximum Gasteiger partial charge on any atom is 0.312 e. The molecule has 0 saturated heterocycles. The zero-order valence-corrected chi connectivity index (χ0v) is 17.1. The van der Waals surface area contributed by atoms with Crippen LogP contribution < -0.4 is 16.4 Å². The first-order valence-corrected chi connectivity index (χ1v) is 9.95. The van der Waals surface area contributed by atoms with Crippen LogP contribution >= 0.6 is 0 Å². The van der Waals surface area contributed by atoms with E-state index < -0.39 is 12.1 Å². The first-order chi connectivity index (χ1) is 15.0. The predicted molar refractivity (Wildman–Crippen MR) is 121 cm³/mol. The molecule has 4 rings (SSSR count). The normalized spacial score (nSPS) is 11.8. The second kappa shape index (κ2) is 8.71. The average molecular weight is 413 g/mol. The van der Waals surface area contributed by atoms with Crippen molar-refractivity contribution in [3.63, 3.8) is 0 Å². The number of nitrogens with one attached hydrogen (secondary N) is 2. The van der Waals surface area contributed by atoms with Crippen molar-refractivity contribution >= 4 is 23.3 Å². The van der Waals surface area contributed by atoms with Gasteiger partial charge in [-0.2, -0.15) is 0 Å². The Kier molecular flexibility index (Phi) is 5.66. The van der Waals surface area contributed by atoms with Crippen molar-refractivity contribution < 1.29 is 9.59 Å². The van der Waals surface area contributed by atoms with Crippen LogP contribution in [0, 0.1) is 6.92 Å². The van der Waals surface area contributed by atoms with E-state index in [-0.39, 0.29) is 12.3 Å². The molecular weight excluding hydrogens is 390 g/mol. The van der Waals surface area contributed by atoms with Crippen molar-refractivity contribution in [2.45, 2.75) is 19.4 Å². The van der Waals surface area contributed by atoms with Crippen molar-refractivity contribution in [2.24, 2.45) is 5.73 Å². The number of hydrogen-bond acceptors (Lipinski definition) is 3. The van der Waals surface area contributed by atoms with Gasteiger partial charge in [-0.05, 0) is 36.2 Å². The molecule has 0 fully saturated rings. The Labute approximate surface area is 179 Å².